The van der Waals surface area contributed by atoms with E-state index < -0.39 is 6.09 Å². The van der Waals surface area contributed by atoms with Crippen LogP contribution in [0.15, 0.2) is 103 Å². The predicted molar refractivity (Wildman–Crippen MR) is 137 cm³/mol. The molecule has 0 N–H and O–H groups in total. The van der Waals surface area contributed by atoms with Gasteiger partial charge in [-0.15, -0.1) is 0 Å². The molecule has 0 aromatic heterocycles. The first-order valence-corrected chi connectivity index (χ1v) is 11.4. The Hall–Kier alpha value is -4.06. The number of hydrogen-bond donors (Lipinski definition) is 0. The first-order chi connectivity index (χ1) is 17.0. The number of benzene rings is 4. The van der Waals surface area contributed by atoms with Gasteiger partial charge in [0.05, 0.1) is 27.0 Å². The van der Waals surface area contributed by atoms with Gasteiger partial charge >= 0.3 is 6.09 Å². The number of ketones is 1. The fraction of sp³-hybridized carbons (Fsp3) is 0. The van der Waals surface area contributed by atoms with E-state index >= 15 is 0 Å². The number of allylic oxidation sites excluding steroid dienone is 1. The summed E-state index contributed by atoms with van der Waals surface area (Å²) in [6.07, 6.45) is 0.987. The van der Waals surface area contributed by atoms with Gasteiger partial charge in [-0.05, 0) is 60.2 Å². The molecule has 0 atom stereocenters. The number of hydrogen-bond acceptors (Lipinski definition) is 4. The van der Waals surface area contributed by atoms with E-state index in [2.05, 4.69) is 0 Å². The molecule has 35 heavy (non-hydrogen) atoms. The first kappa shape index (κ1) is 22.7. The zero-order chi connectivity index (χ0) is 24.4. The summed E-state index contributed by atoms with van der Waals surface area (Å²) in [5.74, 6) is 0.406. The van der Waals surface area contributed by atoms with Gasteiger partial charge in [0, 0.05) is 6.07 Å². The third-order valence-electron chi connectivity index (χ3n) is 5.30. The number of carbonyl (C=O) groups excluding carboxylic acids is 2. The molecule has 0 unspecified atom stereocenters. The maximum Gasteiger partial charge on any atom is 0.424 e. The molecule has 172 valence electrons. The molecule has 5 rings (SSSR count). The number of para-hydroxylation sites is 2. The van der Waals surface area contributed by atoms with Crippen LogP contribution in [0.4, 0.5) is 16.2 Å². The molecule has 0 saturated heterocycles. The standard InChI is InChI=1S/C28H17Cl2NO4/c29-23-14-11-18(15-24(23)30)16-26-27(32)22-13-12-21(17-25(22)35-26)34-28(33)31(19-7-3-1-4-8-19)20-9-5-2-6-10-20/h1-17H/b26-16-. The van der Waals surface area contributed by atoms with Crippen molar-refractivity contribution in [3.8, 4) is 11.5 Å². The van der Waals surface area contributed by atoms with E-state index in [0.29, 0.717) is 38.3 Å². The minimum absolute atomic E-state index is 0.136. The third-order valence-corrected chi connectivity index (χ3v) is 6.04. The quantitative estimate of drug-likeness (QED) is 0.266. The fourth-order valence-corrected chi connectivity index (χ4v) is 3.95. The molecule has 5 nitrogen and oxygen atoms in total. The number of fused-ring (bicyclic) bond motifs is 1. The highest BCUT2D eigenvalue weighted by Crippen LogP contribution is 2.36. The number of carbonyl (C=O) groups is 2. The Morgan fingerprint density at radius 2 is 1.46 bits per heavy atom. The van der Waals surface area contributed by atoms with Crippen molar-refractivity contribution >= 4 is 52.5 Å². The number of anilines is 2. The van der Waals surface area contributed by atoms with Gasteiger partial charge in [0.2, 0.25) is 5.78 Å². The van der Waals surface area contributed by atoms with Crippen LogP contribution in [0, 0.1) is 0 Å². The summed E-state index contributed by atoms with van der Waals surface area (Å²) in [6.45, 7) is 0. The Kier molecular flexibility index (Phi) is 6.27. The molecule has 0 spiro atoms. The SMILES string of the molecule is O=C1/C(=C/c2ccc(Cl)c(Cl)c2)Oc2cc(OC(=O)N(c3ccccc3)c3ccccc3)ccc21. The molecule has 1 heterocycles. The minimum Gasteiger partial charge on any atom is -0.452 e. The van der Waals surface area contributed by atoms with Gasteiger partial charge in [-0.25, -0.2) is 9.69 Å². The van der Waals surface area contributed by atoms with Crippen molar-refractivity contribution in [2.45, 2.75) is 0 Å². The first-order valence-electron chi connectivity index (χ1n) is 10.6. The smallest absolute Gasteiger partial charge is 0.424 e. The summed E-state index contributed by atoms with van der Waals surface area (Å²) < 4.78 is 11.4. The lowest BCUT2D eigenvalue weighted by molar-refractivity contribution is 0.101. The van der Waals surface area contributed by atoms with E-state index in [1.807, 2.05) is 60.7 Å². The van der Waals surface area contributed by atoms with Gasteiger partial charge in [-0.1, -0.05) is 65.7 Å². The van der Waals surface area contributed by atoms with Gasteiger partial charge in [0.15, 0.2) is 5.76 Å². The number of ether oxygens (including phenoxy) is 2. The topological polar surface area (TPSA) is 55.8 Å². The number of amides is 1. The lowest BCUT2D eigenvalue weighted by Crippen LogP contribution is -2.29. The molecule has 4 aromatic carbocycles. The molecule has 1 aliphatic heterocycles. The minimum atomic E-state index is -0.599. The van der Waals surface area contributed by atoms with E-state index in [0.717, 1.165) is 0 Å². The van der Waals surface area contributed by atoms with Gasteiger partial charge in [0.1, 0.15) is 11.5 Å². The van der Waals surface area contributed by atoms with Crippen LogP contribution in [-0.2, 0) is 0 Å². The summed E-state index contributed by atoms with van der Waals surface area (Å²) in [4.78, 5) is 27.5. The van der Waals surface area contributed by atoms with Crippen molar-refractivity contribution in [1.29, 1.82) is 0 Å². The molecule has 0 saturated carbocycles. The summed E-state index contributed by atoms with van der Waals surface area (Å²) in [6, 6.07) is 28.1. The zero-order valence-electron chi connectivity index (χ0n) is 18.2. The van der Waals surface area contributed by atoms with Crippen molar-refractivity contribution in [3.63, 3.8) is 0 Å². The van der Waals surface area contributed by atoms with E-state index in [-0.39, 0.29) is 17.3 Å². The van der Waals surface area contributed by atoms with Crippen LogP contribution in [0.3, 0.4) is 0 Å². The molecule has 7 heteroatoms. The Morgan fingerprint density at radius 1 is 0.800 bits per heavy atom. The molecular formula is C28H17Cl2NO4. The Bertz CT molecular complexity index is 1410. The largest absolute Gasteiger partial charge is 0.452 e. The average Bonchev–Trinajstić information content (AvgIpc) is 3.17. The summed E-state index contributed by atoms with van der Waals surface area (Å²) in [7, 11) is 0. The van der Waals surface area contributed by atoms with Crippen LogP contribution in [0.1, 0.15) is 15.9 Å². The molecule has 0 fully saturated rings. The molecule has 1 amide bonds. The number of nitrogens with zero attached hydrogens (tertiary/aromatic N) is 1. The fourth-order valence-electron chi connectivity index (χ4n) is 3.64. The highest BCUT2D eigenvalue weighted by Gasteiger charge is 2.29. The highest BCUT2D eigenvalue weighted by atomic mass is 35.5. The van der Waals surface area contributed by atoms with Crippen LogP contribution in [0.2, 0.25) is 10.0 Å². The second-order valence-electron chi connectivity index (χ2n) is 7.65. The molecule has 4 aromatic rings. The number of rotatable bonds is 4. The van der Waals surface area contributed by atoms with Crippen molar-refractivity contribution < 1.29 is 19.1 Å². The van der Waals surface area contributed by atoms with Crippen LogP contribution >= 0.6 is 23.2 Å². The third kappa shape index (κ3) is 4.78. The lowest BCUT2D eigenvalue weighted by atomic mass is 10.1. The van der Waals surface area contributed by atoms with Crippen LogP contribution < -0.4 is 14.4 Å². The Morgan fingerprint density at radius 3 is 2.09 bits per heavy atom. The number of halogens is 2. The van der Waals surface area contributed by atoms with E-state index in [9.17, 15) is 9.59 Å². The molecule has 0 radical (unpaired) electrons. The maximum absolute atomic E-state index is 13.2. The average molecular weight is 502 g/mol. The van der Waals surface area contributed by atoms with E-state index in [4.69, 9.17) is 32.7 Å². The normalized spacial score (nSPS) is 13.3. The highest BCUT2D eigenvalue weighted by molar-refractivity contribution is 6.42. The van der Waals surface area contributed by atoms with Crippen LogP contribution in [-0.4, -0.2) is 11.9 Å². The van der Waals surface area contributed by atoms with Gasteiger partial charge < -0.3 is 9.47 Å². The zero-order valence-corrected chi connectivity index (χ0v) is 19.7. The second-order valence-corrected chi connectivity index (χ2v) is 8.46. The van der Waals surface area contributed by atoms with Crippen molar-refractivity contribution in [2.75, 3.05) is 4.90 Å². The maximum atomic E-state index is 13.2. The van der Waals surface area contributed by atoms with Gasteiger partial charge in [-0.2, -0.15) is 0 Å². The number of Topliss-reactive ketones (excluding diaryl/α,β-unsaturated/α-hetero) is 1. The Balaban J connectivity index is 1.40. The van der Waals surface area contributed by atoms with Crippen molar-refractivity contribution in [2.24, 2.45) is 0 Å². The second kappa shape index (κ2) is 9.66. The lowest BCUT2D eigenvalue weighted by Gasteiger charge is -2.22. The van der Waals surface area contributed by atoms with Crippen molar-refractivity contribution in [1.82, 2.24) is 0 Å². The molecule has 0 bridgehead atoms. The molecular weight excluding hydrogens is 485 g/mol. The Labute approximate surface area is 211 Å². The van der Waals surface area contributed by atoms with Gasteiger partial charge in [-0.3, -0.25) is 4.79 Å². The van der Waals surface area contributed by atoms with E-state index in [1.165, 1.54) is 11.0 Å². The van der Waals surface area contributed by atoms with E-state index in [1.54, 1.807) is 36.4 Å². The van der Waals surface area contributed by atoms with Crippen molar-refractivity contribution in [3.05, 3.63) is 124 Å². The predicted octanol–water partition coefficient (Wildman–Crippen LogP) is 7.95. The summed E-state index contributed by atoms with van der Waals surface area (Å²) in [5, 5.41) is 0.793. The monoisotopic (exact) mass is 501 g/mol. The van der Waals surface area contributed by atoms with Gasteiger partial charge in [0.25, 0.3) is 0 Å². The van der Waals surface area contributed by atoms with Crippen LogP contribution in [0.5, 0.6) is 11.5 Å². The van der Waals surface area contributed by atoms with Crippen LogP contribution in [0.25, 0.3) is 6.08 Å². The molecule has 0 aliphatic carbocycles. The summed E-state index contributed by atoms with van der Waals surface area (Å²) in [5.41, 5.74) is 2.36. The summed E-state index contributed by atoms with van der Waals surface area (Å²) >= 11 is 12.0. The molecule has 1 aliphatic rings.